The Balaban J connectivity index is 1.87. The molecule has 8 heteroatoms. The maximum absolute atomic E-state index is 11.1. The Bertz CT molecular complexity index is 961. The van der Waals surface area contributed by atoms with E-state index in [9.17, 15) is 20.3 Å². The van der Waals surface area contributed by atoms with E-state index in [0.717, 1.165) is 12.5 Å². The summed E-state index contributed by atoms with van der Waals surface area (Å²) in [5, 5.41) is 35.7. The Hall–Kier alpha value is -2.44. The van der Waals surface area contributed by atoms with Gasteiger partial charge in [0.2, 0.25) is 0 Å². The number of hydrogen-bond donors (Lipinski definition) is 3. The van der Waals surface area contributed by atoms with Crippen LogP contribution < -0.4 is 5.32 Å². The van der Waals surface area contributed by atoms with E-state index in [1.54, 1.807) is 6.07 Å². The zero-order valence-corrected chi connectivity index (χ0v) is 14.8. The zero-order chi connectivity index (χ0) is 18.6. The number of rotatable bonds is 2. The Labute approximate surface area is 158 Å². The molecule has 0 saturated carbocycles. The molecule has 2 aromatic rings. The van der Waals surface area contributed by atoms with Gasteiger partial charge in [-0.1, -0.05) is 35.4 Å². The van der Waals surface area contributed by atoms with Crippen LogP contribution in [0.4, 0.5) is 11.4 Å². The minimum Gasteiger partial charge on any atom is -0.506 e. The maximum Gasteiger partial charge on any atom is 0.273 e. The summed E-state index contributed by atoms with van der Waals surface area (Å²) in [4.78, 5) is 10.6. The quantitative estimate of drug-likeness (QED) is 0.284. The van der Waals surface area contributed by atoms with Gasteiger partial charge in [-0.25, -0.2) is 0 Å². The van der Waals surface area contributed by atoms with Crippen molar-refractivity contribution in [3.05, 3.63) is 67.7 Å². The van der Waals surface area contributed by atoms with Gasteiger partial charge in [-0.15, -0.1) is 0 Å². The fourth-order valence-electron chi connectivity index (χ4n) is 3.90. The molecule has 4 rings (SSSR count). The second-order valence-corrected chi connectivity index (χ2v) is 7.33. The molecule has 0 amide bonds. The normalized spacial score (nSPS) is 23.2. The molecule has 26 heavy (non-hydrogen) atoms. The molecule has 0 spiro atoms. The second-order valence-electron chi connectivity index (χ2n) is 6.49. The lowest BCUT2D eigenvalue weighted by Crippen LogP contribution is -2.29. The van der Waals surface area contributed by atoms with E-state index in [0.29, 0.717) is 21.8 Å². The van der Waals surface area contributed by atoms with Crippen molar-refractivity contribution in [1.82, 2.24) is 0 Å². The number of nitrogens with one attached hydrogen (secondary N) is 1. The van der Waals surface area contributed by atoms with Gasteiger partial charge in [0.05, 0.1) is 27.7 Å². The van der Waals surface area contributed by atoms with Crippen LogP contribution >= 0.6 is 23.2 Å². The van der Waals surface area contributed by atoms with Crippen LogP contribution in [0.5, 0.6) is 11.5 Å². The van der Waals surface area contributed by atoms with E-state index in [1.807, 2.05) is 12.2 Å². The minimum atomic E-state index is -0.525. The average Bonchev–Trinajstić information content (AvgIpc) is 3.07. The van der Waals surface area contributed by atoms with Crippen molar-refractivity contribution >= 4 is 34.6 Å². The summed E-state index contributed by atoms with van der Waals surface area (Å²) in [6.07, 6.45) is 4.69. The van der Waals surface area contributed by atoms with Crippen molar-refractivity contribution in [2.75, 3.05) is 5.32 Å². The van der Waals surface area contributed by atoms with Gasteiger partial charge in [-0.2, -0.15) is 0 Å². The molecule has 0 fully saturated rings. The standard InChI is InChI=1S/C18H14Cl2N2O4/c19-8-4-13(18(24)14(20)5-8)16-11-3-1-2-10(11)12-6-9(22(25)26)7-15(23)17(12)21-16/h1-2,4-7,10-11,16,21,23-24H,3H2. The van der Waals surface area contributed by atoms with Crippen molar-refractivity contribution in [3.8, 4) is 11.5 Å². The first-order valence-electron chi connectivity index (χ1n) is 7.99. The van der Waals surface area contributed by atoms with Crippen LogP contribution in [-0.2, 0) is 0 Å². The van der Waals surface area contributed by atoms with Gasteiger partial charge in [0.15, 0.2) is 0 Å². The van der Waals surface area contributed by atoms with E-state index in [2.05, 4.69) is 5.32 Å². The first-order chi connectivity index (χ1) is 12.4. The Morgan fingerprint density at radius 2 is 1.92 bits per heavy atom. The lowest BCUT2D eigenvalue weighted by atomic mass is 9.76. The van der Waals surface area contributed by atoms with Crippen LogP contribution in [0.1, 0.15) is 29.5 Å². The predicted octanol–water partition coefficient (Wildman–Crippen LogP) is 5.14. The van der Waals surface area contributed by atoms with E-state index in [-0.39, 0.29) is 40.1 Å². The fraction of sp³-hybridized carbons (Fsp3) is 0.222. The van der Waals surface area contributed by atoms with Crippen LogP contribution in [0.15, 0.2) is 36.4 Å². The number of hydrogen-bond acceptors (Lipinski definition) is 5. The first kappa shape index (κ1) is 17.0. The number of nitrogens with zero attached hydrogens (tertiary/aromatic N) is 1. The summed E-state index contributed by atoms with van der Waals surface area (Å²) in [5.41, 5.74) is 1.46. The van der Waals surface area contributed by atoms with E-state index in [1.165, 1.54) is 12.1 Å². The number of phenols is 2. The second kappa shape index (κ2) is 6.07. The number of fused-ring (bicyclic) bond motifs is 3. The Morgan fingerprint density at radius 1 is 1.15 bits per heavy atom. The molecule has 0 aromatic heterocycles. The van der Waals surface area contributed by atoms with Gasteiger partial charge in [0.25, 0.3) is 5.69 Å². The van der Waals surface area contributed by atoms with Crippen molar-refractivity contribution in [3.63, 3.8) is 0 Å². The highest BCUT2D eigenvalue weighted by Crippen LogP contribution is 2.54. The largest absolute Gasteiger partial charge is 0.506 e. The minimum absolute atomic E-state index is 0.00402. The topological polar surface area (TPSA) is 95.6 Å². The molecule has 0 saturated heterocycles. The highest BCUT2D eigenvalue weighted by atomic mass is 35.5. The lowest BCUT2D eigenvalue weighted by Gasteiger charge is -2.38. The summed E-state index contributed by atoms with van der Waals surface area (Å²) in [7, 11) is 0. The maximum atomic E-state index is 11.1. The van der Waals surface area contributed by atoms with E-state index < -0.39 is 4.92 Å². The van der Waals surface area contributed by atoms with Gasteiger partial charge in [0.1, 0.15) is 11.5 Å². The zero-order valence-electron chi connectivity index (χ0n) is 13.3. The van der Waals surface area contributed by atoms with Crippen LogP contribution in [0, 0.1) is 16.0 Å². The van der Waals surface area contributed by atoms with Gasteiger partial charge in [-0.3, -0.25) is 10.1 Å². The molecular formula is C18H14Cl2N2O4. The first-order valence-corrected chi connectivity index (χ1v) is 8.75. The Kier molecular flexibility index (Phi) is 3.97. The fourth-order valence-corrected chi connectivity index (χ4v) is 4.41. The highest BCUT2D eigenvalue weighted by molar-refractivity contribution is 6.35. The van der Waals surface area contributed by atoms with Crippen molar-refractivity contribution < 1.29 is 15.1 Å². The summed E-state index contributed by atoms with van der Waals surface area (Å²) < 4.78 is 0. The number of allylic oxidation sites excluding steroid dienone is 2. The highest BCUT2D eigenvalue weighted by Gasteiger charge is 2.41. The molecule has 134 valence electrons. The smallest absolute Gasteiger partial charge is 0.273 e. The number of non-ortho nitro benzene ring substituents is 1. The van der Waals surface area contributed by atoms with Crippen LogP contribution in [0.25, 0.3) is 0 Å². The van der Waals surface area contributed by atoms with E-state index in [4.69, 9.17) is 23.2 Å². The molecular weight excluding hydrogens is 379 g/mol. The number of benzene rings is 2. The summed E-state index contributed by atoms with van der Waals surface area (Å²) in [6.45, 7) is 0. The molecule has 3 N–H and O–H groups in total. The molecule has 0 bridgehead atoms. The third-order valence-corrected chi connectivity index (χ3v) is 5.54. The van der Waals surface area contributed by atoms with Crippen LogP contribution in [-0.4, -0.2) is 15.1 Å². The van der Waals surface area contributed by atoms with Crippen LogP contribution in [0.3, 0.4) is 0 Å². The third kappa shape index (κ3) is 2.57. The number of anilines is 1. The molecule has 1 aliphatic heterocycles. The number of nitro benzene ring substituents is 1. The number of halogens is 2. The molecule has 0 radical (unpaired) electrons. The molecule has 2 aromatic carbocycles. The monoisotopic (exact) mass is 392 g/mol. The lowest BCUT2D eigenvalue weighted by molar-refractivity contribution is -0.385. The number of nitro groups is 1. The third-order valence-electron chi connectivity index (χ3n) is 5.04. The van der Waals surface area contributed by atoms with Crippen molar-refractivity contribution in [2.45, 2.75) is 18.4 Å². The molecule has 1 aliphatic carbocycles. The van der Waals surface area contributed by atoms with Gasteiger partial charge < -0.3 is 15.5 Å². The average molecular weight is 393 g/mol. The molecule has 6 nitrogen and oxygen atoms in total. The van der Waals surface area contributed by atoms with Crippen molar-refractivity contribution in [2.24, 2.45) is 5.92 Å². The number of aromatic hydroxyl groups is 2. The summed E-state index contributed by atoms with van der Waals surface area (Å²) >= 11 is 12.2. The Morgan fingerprint density at radius 3 is 2.65 bits per heavy atom. The van der Waals surface area contributed by atoms with Crippen LogP contribution in [0.2, 0.25) is 10.0 Å². The molecule has 2 aliphatic rings. The molecule has 3 atom stereocenters. The summed E-state index contributed by atoms with van der Waals surface area (Å²) in [6, 6.07) is 5.35. The summed E-state index contributed by atoms with van der Waals surface area (Å²) in [5.74, 6) is -0.391. The van der Waals surface area contributed by atoms with Gasteiger partial charge in [0, 0.05) is 22.6 Å². The van der Waals surface area contributed by atoms with E-state index >= 15 is 0 Å². The SMILES string of the molecule is O=[N+]([O-])c1cc(O)c2c(c1)C1C=CCC1C(c1cc(Cl)cc(Cl)c1O)N2. The van der Waals surface area contributed by atoms with Gasteiger partial charge in [-0.05, 0) is 30.0 Å². The van der Waals surface area contributed by atoms with Crippen molar-refractivity contribution in [1.29, 1.82) is 0 Å². The number of phenolic OH excluding ortho intramolecular Hbond substituents is 2. The molecule has 3 unspecified atom stereocenters. The predicted molar refractivity (Wildman–Crippen MR) is 99.2 cm³/mol. The molecule has 1 heterocycles. The van der Waals surface area contributed by atoms with Gasteiger partial charge >= 0.3 is 0 Å².